The van der Waals surface area contributed by atoms with Crippen LogP contribution in [0.4, 0.5) is 13.2 Å². The topological polar surface area (TPSA) is 88.9 Å². The van der Waals surface area contributed by atoms with Crippen molar-refractivity contribution < 1.29 is 22.8 Å². The Morgan fingerprint density at radius 1 is 1.22 bits per heavy atom. The number of aromatic nitrogens is 3. The maximum Gasteiger partial charge on any atom is 0.393 e. The first-order valence-electron chi connectivity index (χ1n) is 7.31. The maximum absolute atomic E-state index is 12.9. The number of carbonyl (C=O) groups excluding carboxylic acids is 2. The summed E-state index contributed by atoms with van der Waals surface area (Å²) in [6.45, 7) is -0.476. The molecule has 2 amide bonds. The van der Waals surface area contributed by atoms with Gasteiger partial charge in [-0.15, -0.1) is 0 Å². The molecule has 1 heterocycles. The molecule has 7 nitrogen and oxygen atoms in total. The molecule has 1 aromatic heterocycles. The van der Waals surface area contributed by atoms with Crippen LogP contribution in [-0.2, 0) is 16.1 Å². The fourth-order valence-electron chi connectivity index (χ4n) is 2.65. The predicted octanol–water partition coefficient (Wildman–Crippen LogP) is 0.632. The Kier molecular flexibility index (Phi) is 5.56. The van der Waals surface area contributed by atoms with E-state index in [2.05, 4.69) is 20.7 Å². The maximum atomic E-state index is 12.9. The zero-order chi connectivity index (χ0) is 16.9. The summed E-state index contributed by atoms with van der Waals surface area (Å²) in [5.41, 5.74) is 0. The predicted molar refractivity (Wildman–Crippen MR) is 73.0 cm³/mol. The lowest BCUT2D eigenvalue weighted by molar-refractivity contribution is -0.189. The molecular weight excluding hydrogens is 315 g/mol. The largest absolute Gasteiger partial charge is 0.393 e. The van der Waals surface area contributed by atoms with Crippen LogP contribution < -0.4 is 10.6 Å². The van der Waals surface area contributed by atoms with Crippen molar-refractivity contribution in [3.63, 3.8) is 0 Å². The smallest absolute Gasteiger partial charge is 0.351 e. The zero-order valence-electron chi connectivity index (χ0n) is 12.3. The Labute approximate surface area is 130 Å². The van der Waals surface area contributed by atoms with E-state index >= 15 is 0 Å². The van der Waals surface area contributed by atoms with Gasteiger partial charge in [0.2, 0.25) is 11.8 Å². The average Bonchev–Trinajstić information content (AvgIpc) is 2.97. The van der Waals surface area contributed by atoms with Crippen LogP contribution in [0.3, 0.4) is 0 Å². The number of halogens is 3. The van der Waals surface area contributed by atoms with E-state index in [4.69, 9.17) is 0 Å². The molecule has 0 bridgehead atoms. The van der Waals surface area contributed by atoms with Crippen molar-refractivity contribution in [2.45, 2.75) is 44.4 Å². The number of carbonyl (C=O) groups is 2. The molecule has 0 aliphatic heterocycles. The van der Waals surface area contributed by atoms with Crippen molar-refractivity contribution in [3.8, 4) is 0 Å². The quantitative estimate of drug-likeness (QED) is 0.827. The molecular formula is C13H18F3N5O2. The first kappa shape index (κ1) is 17.2. The van der Waals surface area contributed by atoms with Crippen molar-refractivity contribution in [1.82, 2.24) is 25.4 Å². The van der Waals surface area contributed by atoms with Gasteiger partial charge < -0.3 is 10.6 Å². The minimum absolute atomic E-state index is 0.0209. The highest BCUT2D eigenvalue weighted by Crippen LogP contribution is 2.37. The summed E-state index contributed by atoms with van der Waals surface area (Å²) >= 11 is 0. The van der Waals surface area contributed by atoms with E-state index in [0.717, 1.165) is 0 Å². The van der Waals surface area contributed by atoms with Gasteiger partial charge in [-0.05, 0) is 12.8 Å². The number of hydrogen-bond acceptors (Lipinski definition) is 4. The number of amides is 2. The molecule has 2 rings (SSSR count). The van der Waals surface area contributed by atoms with E-state index in [1.165, 1.54) is 17.3 Å². The second-order valence-corrected chi connectivity index (χ2v) is 5.48. The van der Waals surface area contributed by atoms with Gasteiger partial charge >= 0.3 is 6.18 Å². The molecule has 0 unspecified atom stereocenters. The van der Waals surface area contributed by atoms with Crippen LogP contribution in [-0.4, -0.2) is 45.3 Å². The van der Waals surface area contributed by atoms with Crippen molar-refractivity contribution in [1.29, 1.82) is 0 Å². The molecule has 2 N–H and O–H groups in total. The number of rotatable bonds is 5. The zero-order valence-corrected chi connectivity index (χ0v) is 12.3. The Balaban J connectivity index is 1.78. The van der Waals surface area contributed by atoms with Crippen LogP contribution in [0.25, 0.3) is 0 Å². The molecule has 1 saturated carbocycles. The van der Waals surface area contributed by atoms with Gasteiger partial charge in [-0.3, -0.25) is 9.59 Å². The van der Waals surface area contributed by atoms with Crippen LogP contribution in [0, 0.1) is 5.92 Å². The standard InChI is InChI=1S/C13H18F3N5O2/c14-13(15,16)9-3-1-2-4-10(9)20-11(22)5-18-12(23)6-21-8-17-7-19-21/h7-10H,1-6H2,(H,18,23)(H,20,22)/t9-,10+/m0/s1. The highest BCUT2D eigenvalue weighted by molar-refractivity contribution is 5.84. The van der Waals surface area contributed by atoms with Crippen molar-refractivity contribution >= 4 is 11.8 Å². The number of alkyl halides is 3. The molecule has 0 saturated heterocycles. The highest BCUT2D eigenvalue weighted by atomic mass is 19.4. The van der Waals surface area contributed by atoms with Crippen LogP contribution in [0.15, 0.2) is 12.7 Å². The summed E-state index contributed by atoms with van der Waals surface area (Å²) in [4.78, 5) is 27.0. The lowest BCUT2D eigenvalue weighted by atomic mass is 9.84. The van der Waals surface area contributed by atoms with Crippen LogP contribution in [0.5, 0.6) is 0 Å². The van der Waals surface area contributed by atoms with Crippen molar-refractivity contribution in [3.05, 3.63) is 12.7 Å². The Hall–Kier alpha value is -2.13. The molecule has 0 aromatic carbocycles. The van der Waals surface area contributed by atoms with Gasteiger partial charge in [-0.2, -0.15) is 18.3 Å². The van der Waals surface area contributed by atoms with E-state index in [1.54, 1.807) is 0 Å². The van der Waals surface area contributed by atoms with E-state index in [-0.39, 0.29) is 19.5 Å². The molecule has 1 aliphatic rings. The summed E-state index contributed by atoms with van der Waals surface area (Å²) < 4.78 is 40.1. The fraction of sp³-hybridized carbons (Fsp3) is 0.692. The summed E-state index contributed by atoms with van der Waals surface area (Å²) in [6, 6.07) is -0.927. The van der Waals surface area contributed by atoms with E-state index in [0.29, 0.717) is 19.3 Å². The van der Waals surface area contributed by atoms with E-state index in [9.17, 15) is 22.8 Å². The average molecular weight is 333 g/mol. The van der Waals surface area contributed by atoms with Crippen molar-refractivity contribution in [2.24, 2.45) is 5.92 Å². The monoisotopic (exact) mass is 333 g/mol. The second-order valence-electron chi connectivity index (χ2n) is 5.48. The Morgan fingerprint density at radius 3 is 2.61 bits per heavy atom. The minimum Gasteiger partial charge on any atom is -0.351 e. The summed E-state index contributed by atoms with van der Waals surface area (Å²) in [5.74, 6) is -2.62. The molecule has 10 heteroatoms. The summed E-state index contributed by atoms with van der Waals surface area (Å²) in [6.07, 6.45) is -0.248. The van der Waals surface area contributed by atoms with Crippen molar-refractivity contribution in [2.75, 3.05) is 6.54 Å². The van der Waals surface area contributed by atoms with Gasteiger partial charge in [0.1, 0.15) is 19.2 Å². The molecule has 1 aliphatic carbocycles. The van der Waals surface area contributed by atoms with Crippen LogP contribution in [0.2, 0.25) is 0 Å². The van der Waals surface area contributed by atoms with Crippen LogP contribution in [0.1, 0.15) is 25.7 Å². The third-order valence-corrected chi connectivity index (χ3v) is 3.75. The normalized spacial score (nSPS) is 21.7. The van der Waals surface area contributed by atoms with Gasteiger partial charge in [-0.1, -0.05) is 12.8 Å². The molecule has 0 radical (unpaired) electrons. The lowest BCUT2D eigenvalue weighted by Crippen LogP contribution is -2.50. The fourth-order valence-corrected chi connectivity index (χ4v) is 2.65. The van der Waals surface area contributed by atoms with E-state index in [1.807, 2.05) is 0 Å². The first-order valence-corrected chi connectivity index (χ1v) is 7.31. The molecule has 1 fully saturated rings. The first-order chi connectivity index (χ1) is 10.9. The molecule has 1 aromatic rings. The lowest BCUT2D eigenvalue weighted by Gasteiger charge is -2.33. The Morgan fingerprint density at radius 2 is 1.96 bits per heavy atom. The highest BCUT2D eigenvalue weighted by Gasteiger charge is 2.45. The van der Waals surface area contributed by atoms with Gasteiger partial charge in [0.15, 0.2) is 0 Å². The SMILES string of the molecule is O=C(Cn1cncn1)NCC(=O)N[C@@H]1CCCC[C@@H]1C(F)(F)F. The number of nitrogens with one attached hydrogen (secondary N) is 2. The molecule has 23 heavy (non-hydrogen) atoms. The van der Waals surface area contributed by atoms with Gasteiger partial charge in [-0.25, -0.2) is 9.67 Å². The number of nitrogens with zero attached hydrogens (tertiary/aromatic N) is 3. The molecule has 0 spiro atoms. The number of hydrogen-bond donors (Lipinski definition) is 2. The summed E-state index contributed by atoms with van der Waals surface area (Å²) in [7, 11) is 0. The van der Waals surface area contributed by atoms with Crippen LogP contribution >= 0.6 is 0 Å². The minimum atomic E-state index is -4.32. The third-order valence-electron chi connectivity index (χ3n) is 3.75. The third kappa shape index (κ3) is 5.22. The second kappa shape index (κ2) is 7.42. The summed E-state index contributed by atoms with van der Waals surface area (Å²) in [5, 5.41) is 8.46. The Bertz CT molecular complexity index is 532. The van der Waals surface area contributed by atoms with Gasteiger partial charge in [0.05, 0.1) is 12.5 Å². The molecule has 128 valence electrons. The van der Waals surface area contributed by atoms with Gasteiger partial charge in [0.25, 0.3) is 0 Å². The molecule has 2 atom stereocenters. The van der Waals surface area contributed by atoms with Gasteiger partial charge in [0, 0.05) is 6.04 Å². The van der Waals surface area contributed by atoms with E-state index < -0.39 is 30.0 Å².